The maximum absolute atomic E-state index is 12.8. The van der Waals surface area contributed by atoms with Crippen LogP contribution in [-0.4, -0.2) is 23.1 Å². The third-order valence-corrected chi connectivity index (χ3v) is 6.38. The number of rotatable bonds is 6. The number of thiocarbonyl (C=S) groups is 1. The first-order chi connectivity index (χ1) is 18.3. The topological polar surface area (TPSA) is 89.5 Å². The van der Waals surface area contributed by atoms with E-state index >= 15 is 0 Å². The molecule has 0 aliphatic rings. The molecule has 1 amide bonds. The first-order valence-electron chi connectivity index (χ1n) is 11.9. The van der Waals surface area contributed by atoms with Crippen LogP contribution in [0.5, 0.6) is 5.75 Å². The molecule has 0 unspecified atom stereocenters. The van der Waals surface area contributed by atoms with E-state index in [2.05, 4.69) is 29.5 Å². The SMILES string of the molecule is COc1ccc(-c2nc3cc(C(C)C)ccc3o2)cc1NC(=S)NC(=O)c1ccc(-c2cccc(Cl)c2)o1. The van der Waals surface area contributed by atoms with Gasteiger partial charge >= 0.3 is 0 Å². The number of oxazole rings is 1. The number of halogens is 1. The number of amides is 1. The van der Waals surface area contributed by atoms with Gasteiger partial charge in [0.15, 0.2) is 16.5 Å². The monoisotopic (exact) mass is 545 g/mol. The van der Waals surface area contributed by atoms with E-state index in [0.717, 1.165) is 16.6 Å². The molecule has 0 atom stereocenters. The lowest BCUT2D eigenvalue weighted by Gasteiger charge is -2.13. The van der Waals surface area contributed by atoms with Crippen LogP contribution in [0.4, 0.5) is 5.69 Å². The zero-order valence-electron chi connectivity index (χ0n) is 20.9. The lowest BCUT2D eigenvalue weighted by molar-refractivity contribution is 0.0951. The molecule has 0 saturated carbocycles. The number of ether oxygens (including phenoxy) is 1. The average Bonchev–Trinajstić information content (AvgIpc) is 3.56. The Labute approximate surface area is 229 Å². The van der Waals surface area contributed by atoms with Gasteiger partial charge in [0.05, 0.1) is 12.8 Å². The van der Waals surface area contributed by atoms with Crippen molar-refractivity contribution < 1.29 is 18.4 Å². The second-order valence-electron chi connectivity index (χ2n) is 8.90. The Balaban J connectivity index is 1.33. The number of carbonyl (C=O) groups is 1. The minimum atomic E-state index is -0.495. The predicted molar refractivity (Wildman–Crippen MR) is 153 cm³/mol. The van der Waals surface area contributed by atoms with Crippen LogP contribution < -0.4 is 15.4 Å². The van der Waals surface area contributed by atoms with Crippen molar-refractivity contribution in [3.63, 3.8) is 0 Å². The molecule has 0 aliphatic heterocycles. The molecular formula is C29H24ClN3O4S. The molecule has 0 bridgehead atoms. The molecule has 0 radical (unpaired) electrons. The molecule has 38 heavy (non-hydrogen) atoms. The fourth-order valence-electron chi connectivity index (χ4n) is 3.94. The molecule has 7 nitrogen and oxygen atoms in total. The highest BCUT2D eigenvalue weighted by molar-refractivity contribution is 7.80. The van der Waals surface area contributed by atoms with Crippen LogP contribution in [0.1, 0.15) is 35.9 Å². The lowest BCUT2D eigenvalue weighted by atomic mass is 10.0. The highest BCUT2D eigenvalue weighted by Crippen LogP contribution is 2.33. The lowest BCUT2D eigenvalue weighted by Crippen LogP contribution is -2.34. The molecule has 3 aromatic carbocycles. The molecule has 192 valence electrons. The Kier molecular flexibility index (Phi) is 7.18. The van der Waals surface area contributed by atoms with E-state index in [1.165, 1.54) is 5.56 Å². The van der Waals surface area contributed by atoms with Gasteiger partial charge in [0.2, 0.25) is 5.89 Å². The summed E-state index contributed by atoms with van der Waals surface area (Å²) in [4.78, 5) is 17.4. The number of methoxy groups -OCH3 is 1. The van der Waals surface area contributed by atoms with Crippen LogP contribution in [0.3, 0.4) is 0 Å². The fraction of sp³-hybridized carbons (Fsp3) is 0.138. The summed E-state index contributed by atoms with van der Waals surface area (Å²) in [5.74, 6) is 1.51. The first kappa shape index (κ1) is 25.5. The van der Waals surface area contributed by atoms with E-state index in [9.17, 15) is 4.79 Å². The summed E-state index contributed by atoms with van der Waals surface area (Å²) in [6.07, 6.45) is 0. The summed E-state index contributed by atoms with van der Waals surface area (Å²) in [5.41, 5.74) is 4.70. The Morgan fingerprint density at radius 2 is 1.84 bits per heavy atom. The van der Waals surface area contributed by atoms with Crippen LogP contribution in [0.15, 0.2) is 81.6 Å². The zero-order chi connectivity index (χ0) is 26.8. The molecule has 0 saturated heterocycles. The van der Waals surface area contributed by atoms with Gasteiger partial charge in [-0.25, -0.2) is 4.98 Å². The van der Waals surface area contributed by atoms with E-state index in [4.69, 9.17) is 37.4 Å². The fourth-order valence-corrected chi connectivity index (χ4v) is 4.33. The van der Waals surface area contributed by atoms with Crippen molar-refractivity contribution in [2.75, 3.05) is 12.4 Å². The van der Waals surface area contributed by atoms with E-state index in [0.29, 0.717) is 39.6 Å². The Morgan fingerprint density at radius 1 is 1.00 bits per heavy atom. The van der Waals surface area contributed by atoms with E-state index in [-0.39, 0.29) is 10.9 Å². The van der Waals surface area contributed by atoms with Gasteiger partial charge in [0.1, 0.15) is 17.0 Å². The quantitative estimate of drug-likeness (QED) is 0.212. The summed E-state index contributed by atoms with van der Waals surface area (Å²) in [7, 11) is 1.55. The predicted octanol–water partition coefficient (Wildman–Crippen LogP) is 7.67. The molecule has 2 aromatic heterocycles. The molecule has 2 heterocycles. The molecule has 0 spiro atoms. The standard InChI is InChI=1S/C29H24ClN3O4S/c1-16(2)17-7-10-25-22(14-17)31-28(37-25)19-8-9-24(35-3)21(15-19)32-29(38)33-27(34)26-12-11-23(36-26)18-5-4-6-20(30)13-18/h4-16H,1-3H3,(H2,32,33,34,38). The third-order valence-electron chi connectivity index (χ3n) is 5.94. The minimum absolute atomic E-state index is 0.0743. The summed E-state index contributed by atoms with van der Waals surface area (Å²) < 4.78 is 17.2. The number of furan rings is 1. The number of carbonyl (C=O) groups excluding carboxylic acids is 1. The molecule has 0 fully saturated rings. The van der Waals surface area contributed by atoms with Gasteiger partial charge in [-0.2, -0.15) is 0 Å². The second kappa shape index (κ2) is 10.7. The summed E-state index contributed by atoms with van der Waals surface area (Å²) in [6, 6.07) is 21.9. The molecule has 5 aromatic rings. The highest BCUT2D eigenvalue weighted by Gasteiger charge is 2.17. The number of hydrogen-bond acceptors (Lipinski definition) is 6. The number of nitrogens with zero attached hydrogens (tertiary/aromatic N) is 1. The van der Waals surface area contributed by atoms with Crippen LogP contribution in [-0.2, 0) is 0 Å². The van der Waals surface area contributed by atoms with Gasteiger partial charge in [-0.1, -0.05) is 43.6 Å². The molecule has 0 aliphatic carbocycles. The van der Waals surface area contributed by atoms with Crippen LogP contribution in [0, 0.1) is 0 Å². The molecule has 2 N–H and O–H groups in total. The zero-order valence-corrected chi connectivity index (χ0v) is 22.4. The van der Waals surface area contributed by atoms with Gasteiger partial charge in [0, 0.05) is 16.1 Å². The van der Waals surface area contributed by atoms with Gasteiger partial charge in [0.25, 0.3) is 5.91 Å². The van der Waals surface area contributed by atoms with Gasteiger partial charge in [-0.3, -0.25) is 10.1 Å². The number of nitrogens with one attached hydrogen (secondary N) is 2. The molecule has 9 heteroatoms. The normalized spacial score (nSPS) is 11.1. The Morgan fingerprint density at radius 3 is 2.61 bits per heavy atom. The van der Waals surface area contributed by atoms with Crippen molar-refractivity contribution in [2.24, 2.45) is 0 Å². The molecule has 5 rings (SSSR count). The van der Waals surface area contributed by atoms with Crippen LogP contribution in [0.2, 0.25) is 5.02 Å². The van der Waals surface area contributed by atoms with Gasteiger partial charge < -0.3 is 18.9 Å². The van der Waals surface area contributed by atoms with Crippen molar-refractivity contribution in [1.29, 1.82) is 0 Å². The minimum Gasteiger partial charge on any atom is -0.495 e. The summed E-state index contributed by atoms with van der Waals surface area (Å²) in [5, 5.41) is 6.31. The summed E-state index contributed by atoms with van der Waals surface area (Å²) >= 11 is 11.4. The average molecular weight is 546 g/mol. The number of benzene rings is 3. The van der Waals surface area contributed by atoms with Crippen molar-refractivity contribution in [3.05, 3.63) is 89.1 Å². The van der Waals surface area contributed by atoms with Crippen molar-refractivity contribution in [2.45, 2.75) is 19.8 Å². The highest BCUT2D eigenvalue weighted by atomic mass is 35.5. The van der Waals surface area contributed by atoms with Crippen LogP contribution >= 0.6 is 23.8 Å². The third kappa shape index (κ3) is 5.41. The maximum Gasteiger partial charge on any atom is 0.293 e. The first-order valence-corrected chi connectivity index (χ1v) is 12.7. The largest absolute Gasteiger partial charge is 0.495 e. The number of aromatic nitrogens is 1. The number of hydrogen-bond donors (Lipinski definition) is 2. The number of fused-ring (bicyclic) bond motifs is 1. The number of anilines is 1. The Hall–Kier alpha value is -4.14. The molecular weight excluding hydrogens is 522 g/mol. The van der Waals surface area contributed by atoms with Crippen molar-refractivity contribution in [1.82, 2.24) is 10.3 Å². The van der Waals surface area contributed by atoms with Crippen molar-refractivity contribution in [3.8, 4) is 28.5 Å². The summed E-state index contributed by atoms with van der Waals surface area (Å²) in [6.45, 7) is 4.27. The van der Waals surface area contributed by atoms with Gasteiger partial charge in [-0.05, 0) is 78.3 Å². The maximum atomic E-state index is 12.8. The van der Waals surface area contributed by atoms with E-state index in [1.807, 2.05) is 36.4 Å². The van der Waals surface area contributed by atoms with E-state index < -0.39 is 5.91 Å². The van der Waals surface area contributed by atoms with Crippen molar-refractivity contribution >= 4 is 51.6 Å². The second-order valence-corrected chi connectivity index (χ2v) is 9.74. The van der Waals surface area contributed by atoms with Crippen LogP contribution in [0.25, 0.3) is 33.9 Å². The Bertz CT molecular complexity index is 1660. The smallest absolute Gasteiger partial charge is 0.293 e. The van der Waals surface area contributed by atoms with E-state index in [1.54, 1.807) is 43.5 Å². The van der Waals surface area contributed by atoms with Gasteiger partial charge in [-0.15, -0.1) is 0 Å².